The van der Waals surface area contributed by atoms with Crippen molar-refractivity contribution in [1.29, 1.82) is 0 Å². The molecule has 7 atom stereocenters. The largest absolute Gasteiger partial charge is 0.550 e. The molecule has 0 heterocycles. The molecule has 0 N–H and O–H groups in total. The molecule has 0 radical (unpaired) electrons. The van der Waals surface area contributed by atoms with Gasteiger partial charge in [-0.25, -0.2) is 0 Å². The van der Waals surface area contributed by atoms with Crippen LogP contribution in [0.5, 0.6) is 0 Å². The van der Waals surface area contributed by atoms with Crippen molar-refractivity contribution >= 4 is 17.7 Å². The fourth-order valence-corrected chi connectivity index (χ4v) is 7.89. The molecule has 0 unspecified atom stereocenters. The van der Waals surface area contributed by atoms with Crippen LogP contribution in [0.4, 0.5) is 0 Å². The highest BCUT2D eigenvalue weighted by atomic mass is 16.5. The van der Waals surface area contributed by atoms with E-state index in [-0.39, 0.29) is 35.6 Å². The second-order valence-corrected chi connectivity index (χ2v) is 10.8. The predicted molar refractivity (Wildman–Crippen MR) is 110 cm³/mol. The lowest BCUT2D eigenvalue weighted by Gasteiger charge is -2.60. The van der Waals surface area contributed by atoms with E-state index in [9.17, 15) is 19.5 Å². The van der Waals surface area contributed by atoms with Gasteiger partial charge >= 0.3 is 5.97 Å². The zero-order valence-corrected chi connectivity index (χ0v) is 18.6. The molecule has 4 aliphatic rings. The predicted octanol–water partition coefficient (Wildman–Crippen LogP) is 3.60. The molecule has 3 fully saturated rings. The Balaban J connectivity index is 1.42. The summed E-state index contributed by atoms with van der Waals surface area (Å²) in [6.07, 6.45) is 10.3. The van der Waals surface area contributed by atoms with E-state index < -0.39 is 11.9 Å². The molecule has 0 saturated heterocycles. The third kappa shape index (κ3) is 3.52. The lowest BCUT2D eigenvalue weighted by Crippen LogP contribution is -2.54. The Kier molecular flexibility index (Phi) is 5.61. The summed E-state index contributed by atoms with van der Waals surface area (Å²) in [5.41, 5.74) is 1.41. The maximum atomic E-state index is 12.2. The van der Waals surface area contributed by atoms with Crippen LogP contribution >= 0.6 is 0 Å². The van der Waals surface area contributed by atoms with Crippen LogP contribution in [0.3, 0.4) is 0 Å². The molecule has 0 aromatic heterocycles. The van der Waals surface area contributed by atoms with Gasteiger partial charge in [-0.2, -0.15) is 0 Å². The van der Waals surface area contributed by atoms with Crippen molar-refractivity contribution in [2.24, 2.45) is 34.5 Å². The maximum absolute atomic E-state index is 12.2. The number of hydrogen-bond donors (Lipinski definition) is 0. The first kappa shape index (κ1) is 21.6. The number of ketones is 1. The zero-order valence-electron chi connectivity index (χ0n) is 18.6. The van der Waals surface area contributed by atoms with E-state index in [4.69, 9.17) is 4.74 Å². The Morgan fingerprint density at radius 3 is 2.53 bits per heavy atom. The summed E-state index contributed by atoms with van der Waals surface area (Å²) in [5, 5.41) is 10.6. The molecular formula is C25H35O5-. The highest BCUT2D eigenvalue weighted by Gasteiger charge is 2.59. The molecular weight excluding hydrogens is 380 g/mol. The van der Waals surface area contributed by atoms with Gasteiger partial charge in [0.15, 0.2) is 5.78 Å². The van der Waals surface area contributed by atoms with Crippen LogP contribution in [-0.4, -0.2) is 23.8 Å². The maximum Gasteiger partial charge on any atom is 0.306 e. The quantitative estimate of drug-likeness (QED) is 0.641. The van der Waals surface area contributed by atoms with Crippen molar-refractivity contribution in [3.8, 4) is 0 Å². The van der Waals surface area contributed by atoms with E-state index in [1.807, 2.05) is 0 Å². The summed E-state index contributed by atoms with van der Waals surface area (Å²) in [5.74, 6) is 1.14. The van der Waals surface area contributed by atoms with Gasteiger partial charge in [-0.05, 0) is 105 Å². The van der Waals surface area contributed by atoms with Crippen molar-refractivity contribution in [2.45, 2.75) is 91.1 Å². The van der Waals surface area contributed by atoms with Gasteiger partial charge in [0.25, 0.3) is 0 Å². The molecule has 0 bridgehead atoms. The SMILES string of the molecule is CC(=O)C1=CC[C@H]2[C@H]3CC[C@H]4C[C@@H](OC(=O)CCC(=O)[O-])CC[C@]4(C)[C@@H]3CC[C@]12C. The number of carboxylic acids is 1. The lowest BCUT2D eigenvalue weighted by molar-refractivity contribution is -0.305. The second kappa shape index (κ2) is 7.80. The third-order valence-electron chi connectivity index (χ3n) is 9.41. The Hall–Kier alpha value is -1.65. The molecule has 4 rings (SSSR count). The summed E-state index contributed by atoms with van der Waals surface area (Å²) < 4.78 is 5.62. The van der Waals surface area contributed by atoms with E-state index in [1.165, 1.54) is 12.8 Å². The minimum absolute atomic E-state index is 0.0575. The van der Waals surface area contributed by atoms with Crippen molar-refractivity contribution in [1.82, 2.24) is 0 Å². The fourth-order valence-electron chi connectivity index (χ4n) is 7.89. The molecule has 5 heteroatoms. The van der Waals surface area contributed by atoms with E-state index in [0.29, 0.717) is 23.7 Å². The van der Waals surface area contributed by atoms with Gasteiger partial charge in [0.1, 0.15) is 6.10 Å². The van der Waals surface area contributed by atoms with Gasteiger partial charge in [0.2, 0.25) is 0 Å². The molecule has 0 amide bonds. The molecule has 0 aliphatic heterocycles. The number of esters is 1. The Morgan fingerprint density at radius 2 is 1.83 bits per heavy atom. The Labute approximate surface area is 179 Å². The first-order chi connectivity index (χ1) is 14.1. The number of allylic oxidation sites excluding steroid dienone is 2. The minimum atomic E-state index is -1.21. The molecule has 0 aromatic carbocycles. The van der Waals surface area contributed by atoms with Gasteiger partial charge in [-0.15, -0.1) is 0 Å². The van der Waals surface area contributed by atoms with Crippen LogP contribution in [0.15, 0.2) is 11.6 Å². The van der Waals surface area contributed by atoms with Gasteiger partial charge in [0, 0.05) is 5.97 Å². The van der Waals surface area contributed by atoms with E-state index in [1.54, 1.807) is 6.92 Å². The third-order valence-corrected chi connectivity index (χ3v) is 9.41. The topological polar surface area (TPSA) is 83.5 Å². The normalized spacial score (nSPS) is 42.4. The minimum Gasteiger partial charge on any atom is -0.550 e. The number of carboxylic acid groups (broad SMARTS) is 1. The number of ether oxygens (including phenoxy) is 1. The highest BCUT2D eigenvalue weighted by Crippen LogP contribution is 2.66. The van der Waals surface area contributed by atoms with Crippen molar-refractivity contribution in [3.05, 3.63) is 11.6 Å². The van der Waals surface area contributed by atoms with Gasteiger partial charge in [0.05, 0.1) is 6.42 Å². The molecule has 4 aliphatic carbocycles. The van der Waals surface area contributed by atoms with Crippen LogP contribution in [0.1, 0.15) is 85.0 Å². The van der Waals surface area contributed by atoms with Crippen LogP contribution in [0.25, 0.3) is 0 Å². The van der Waals surface area contributed by atoms with Crippen molar-refractivity contribution in [3.63, 3.8) is 0 Å². The average molecular weight is 416 g/mol. The van der Waals surface area contributed by atoms with E-state index in [0.717, 1.165) is 44.1 Å². The highest BCUT2D eigenvalue weighted by molar-refractivity contribution is 5.95. The van der Waals surface area contributed by atoms with Crippen LogP contribution in [0, 0.1) is 34.5 Å². The second-order valence-electron chi connectivity index (χ2n) is 10.8. The number of rotatable bonds is 5. The zero-order chi connectivity index (χ0) is 21.7. The Bertz CT molecular complexity index is 770. The average Bonchev–Trinajstić information content (AvgIpc) is 3.04. The van der Waals surface area contributed by atoms with Gasteiger partial charge in [-0.1, -0.05) is 19.9 Å². The van der Waals surface area contributed by atoms with Crippen molar-refractivity contribution < 1.29 is 24.2 Å². The molecule has 0 spiro atoms. The molecule has 30 heavy (non-hydrogen) atoms. The summed E-state index contributed by atoms with van der Waals surface area (Å²) in [6.45, 7) is 6.50. The standard InChI is InChI=1S/C25H36O5/c1-15(26)19-6-7-20-18-5-4-16-14-17(30-23(29)9-8-22(27)28)10-12-24(16,2)21(18)11-13-25(19,20)3/h6,16-18,20-21H,4-5,7-14H2,1-3H3,(H,27,28)/p-1/t16-,17-,18+,20-,21+,24-,25+/m0/s1. The summed E-state index contributed by atoms with van der Waals surface area (Å²) in [6, 6.07) is 0. The van der Waals surface area contributed by atoms with Crippen LogP contribution in [0.2, 0.25) is 0 Å². The molecule has 166 valence electrons. The molecule has 0 aromatic rings. The van der Waals surface area contributed by atoms with Crippen LogP contribution < -0.4 is 5.11 Å². The first-order valence-electron chi connectivity index (χ1n) is 11.8. The lowest BCUT2D eigenvalue weighted by atomic mass is 9.44. The number of hydrogen-bond acceptors (Lipinski definition) is 5. The van der Waals surface area contributed by atoms with E-state index >= 15 is 0 Å². The monoisotopic (exact) mass is 415 g/mol. The number of carbonyl (C=O) groups is 3. The molecule has 3 saturated carbocycles. The smallest absolute Gasteiger partial charge is 0.306 e. The van der Waals surface area contributed by atoms with Crippen molar-refractivity contribution in [2.75, 3.05) is 0 Å². The molecule has 5 nitrogen and oxygen atoms in total. The summed E-state index contributed by atoms with van der Waals surface area (Å²) >= 11 is 0. The van der Waals surface area contributed by atoms with Gasteiger partial charge in [-0.3, -0.25) is 9.59 Å². The summed E-state index contributed by atoms with van der Waals surface area (Å²) in [7, 11) is 0. The number of fused-ring (bicyclic) bond motifs is 5. The summed E-state index contributed by atoms with van der Waals surface area (Å²) in [4.78, 5) is 34.8. The number of carbonyl (C=O) groups excluding carboxylic acids is 3. The fraction of sp³-hybridized carbons (Fsp3) is 0.800. The first-order valence-corrected chi connectivity index (χ1v) is 11.8. The Morgan fingerprint density at radius 1 is 1.07 bits per heavy atom. The number of aliphatic carboxylic acids is 1. The van der Waals surface area contributed by atoms with Gasteiger partial charge < -0.3 is 14.6 Å². The van der Waals surface area contributed by atoms with E-state index in [2.05, 4.69) is 19.9 Å². The number of Topliss-reactive ketones (excluding diaryl/α,β-unsaturated/α-hetero) is 1. The van der Waals surface area contributed by atoms with Crippen LogP contribution in [-0.2, 0) is 19.1 Å².